The molecule has 35 heavy (non-hydrogen) atoms. The van der Waals surface area contributed by atoms with Gasteiger partial charge < -0.3 is 14.8 Å². The minimum absolute atomic E-state index is 0.00410. The van der Waals surface area contributed by atoms with Crippen molar-refractivity contribution in [2.45, 2.75) is 11.4 Å². The van der Waals surface area contributed by atoms with Crippen molar-refractivity contribution in [1.82, 2.24) is 20.1 Å². The number of aromatic nitrogens is 3. The molecule has 1 aliphatic rings. The highest BCUT2D eigenvalue weighted by Gasteiger charge is 2.21. The van der Waals surface area contributed by atoms with Crippen LogP contribution in [0.3, 0.4) is 0 Å². The van der Waals surface area contributed by atoms with Crippen LogP contribution < -0.4 is 19.5 Å². The van der Waals surface area contributed by atoms with E-state index in [9.17, 15) is 13.2 Å². The van der Waals surface area contributed by atoms with Gasteiger partial charge in [-0.3, -0.25) is 9.52 Å². The van der Waals surface area contributed by atoms with Crippen molar-refractivity contribution in [3.8, 4) is 17.2 Å². The van der Waals surface area contributed by atoms with Crippen molar-refractivity contribution in [2.75, 3.05) is 17.9 Å². The summed E-state index contributed by atoms with van der Waals surface area (Å²) < 4.78 is 41.1. The molecule has 3 aromatic carbocycles. The van der Waals surface area contributed by atoms with Gasteiger partial charge in [0.2, 0.25) is 0 Å². The van der Waals surface area contributed by atoms with Gasteiger partial charge in [0.15, 0.2) is 11.5 Å². The van der Waals surface area contributed by atoms with Crippen molar-refractivity contribution in [2.24, 2.45) is 0 Å². The zero-order chi connectivity index (χ0) is 24.3. The quantitative estimate of drug-likeness (QED) is 0.407. The van der Waals surface area contributed by atoms with Gasteiger partial charge in [0.1, 0.15) is 25.9 Å². The summed E-state index contributed by atoms with van der Waals surface area (Å²) in [5.41, 5.74) is 2.09. The molecule has 0 radical (unpaired) electrons. The van der Waals surface area contributed by atoms with E-state index >= 15 is 0 Å². The van der Waals surface area contributed by atoms with Crippen molar-refractivity contribution >= 4 is 21.6 Å². The minimum Gasteiger partial charge on any atom is -0.486 e. The number of para-hydroxylation sites is 1. The summed E-state index contributed by atoms with van der Waals surface area (Å²) in [5, 5.41) is 6.91. The Morgan fingerprint density at radius 2 is 1.74 bits per heavy atom. The fourth-order valence-electron chi connectivity index (χ4n) is 3.55. The second-order valence-corrected chi connectivity index (χ2v) is 9.33. The third-order valence-corrected chi connectivity index (χ3v) is 6.68. The largest absolute Gasteiger partial charge is 0.486 e. The van der Waals surface area contributed by atoms with Gasteiger partial charge in [-0.25, -0.2) is 18.1 Å². The molecule has 0 saturated heterocycles. The molecule has 1 aliphatic heterocycles. The number of carbonyl (C=O) groups is 1. The highest BCUT2D eigenvalue weighted by molar-refractivity contribution is 7.92. The normalized spacial score (nSPS) is 12.7. The van der Waals surface area contributed by atoms with E-state index in [4.69, 9.17) is 9.47 Å². The Labute approximate surface area is 201 Å². The maximum Gasteiger partial charge on any atom is 0.262 e. The van der Waals surface area contributed by atoms with E-state index in [1.165, 1.54) is 24.5 Å². The van der Waals surface area contributed by atoms with Gasteiger partial charge in [-0.15, -0.1) is 0 Å². The number of rotatable bonds is 7. The predicted octanol–water partition coefficient (Wildman–Crippen LogP) is 2.77. The highest BCUT2D eigenvalue weighted by Crippen LogP contribution is 2.33. The van der Waals surface area contributed by atoms with Gasteiger partial charge >= 0.3 is 0 Å². The molecule has 10 nitrogen and oxygen atoms in total. The van der Waals surface area contributed by atoms with Crippen molar-refractivity contribution in [3.05, 3.63) is 90.5 Å². The molecule has 0 aliphatic carbocycles. The Morgan fingerprint density at radius 3 is 2.51 bits per heavy atom. The number of benzene rings is 3. The molecule has 5 rings (SSSR count). The first-order valence-electron chi connectivity index (χ1n) is 10.7. The molecular weight excluding hydrogens is 470 g/mol. The van der Waals surface area contributed by atoms with Crippen molar-refractivity contribution < 1.29 is 22.7 Å². The van der Waals surface area contributed by atoms with Crippen LogP contribution in [-0.2, 0) is 16.6 Å². The maximum atomic E-state index is 13.0. The number of hydrogen-bond acceptors (Lipinski definition) is 7. The summed E-state index contributed by atoms with van der Waals surface area (Å²) in [6, 6.07) is 18.3. The zero-order valence-electron chi connectivity index (χ0n) is 18.4. The van der Waals surface area contributed by atoms with Gasteiger partial charge in [-0.1, -0.05) is 24.3 Å². The summed E-state index contributed by atoms with van der Waals surface area (Å²) in [6.45, 7) is 1.02. The second kappa shape index (κ2) is 9.47. The van der Waals surface area contributed by atoms with Gasteiger partial charge in [-0.2, -0.15) is 5.10 Å². The summed E-state index contributed by atoms with van der Waals surface area (Å²) in [6.07, 6.45) is 3.05. The molecule has 178 valence electrons. The second-order valence-electron chi connectivity index (χ2n) is 7.65. The number of sulfonamides is 1. The van der Waals surface area contributed by atoms with Crippen LogP contribution in [0.25, 0.3) is 5.69 Å². The molecule has 1 amide bonds. The van der Waals surface area contributed by atoms with E-state index in [-0.39, 0.29) is 22.7 Å². The maximum absolute atomic E-state index is 13.0. The molecule has 4 aromatic rings. The third kappa shape index (κ3) is 4.94. The van der Waals surface area contributed by atoms with E-state index in [1.807, 2.05) is 24.3 Å². The lowest BCUT2D eigenvalue weighted by atomic mass is 10.1. The number of carbonyl (C=O) groups excluding carboxylic acids is 1. The number of ether oxygens (including phenoxy) is 2. The monoisotopic (exact) mass is 491 g/mol. The average molecular weight is 492 g/mol. The van der Waals surface area contributed by atoms with E-state index < -0.39 is 15.9 Å². The molecular formula is C24H21N5O5S. The standard InChI is InChI=1S/C24H21N5O5S/c30-24(26-14-17-5-7-18(8-6-17)29-16-25-15-27-29)20-3-1-2-4-21(20)28-35(31,32)19-9-10-22-23(13-19)34-12-11-33-22/h1-10,13,15-16,28H,11-12,14H2,(H,26,30). The Morgan fingerprint density at radius 1 is 0.971 bits per heavy atom. The van der Waals surface area contributed by atoms with E-state index in [1.54, 1.807) is 35.3 Å². The molecule has 2 heterocycles. The van der Waals surface area contributed by atoms with Crippen LogP contribution in [0.4, 0.5) is 5.69 Å². The summed E-state index contributed by atoms with van der Waals surface area (Å²) in [4.78, 5) is 16.8. The van der Waals surface area contributed by atoms with E-state index in [0.29, 0.717) is 24.7 Å². The molecule has 0 bridgehead atoms. The number of anilines is 1. The molecule has 0 saturated carbocycles. The molecule has 2 N–H and O–H groups in total. The van der Waals surface area contributed by atoms with Crippen LogP contribution in [0.15, 0.2) is 84.3 Å². The van der Waals surface area contributed by atoms with Crippen LogP contribution >= 0.6 is 0 Å². The fraction of sp³-hybridized carbons (Fsp3) is 0.125. The Kier molecular flexibility index (Phi) is 6.06. The van der Waals surface area contributed by atoms with Gasteiger partial charge in [0.05, 0.1) is 21.8 Å². The number of nitrogens with one attached hydrogen (secondary N) is 2. The summed E-state index contributed by atoms with van der Waals surface area (Å²) >= 11 is 0. The van der Waals surface area contributed by atoms with E-state index in [0.717, 1.165) is 11.3 Å². The predicted molar refractivity (Wildman–Crippen MR) is 127 cm³/mol. The zero-order valence-corrected chi connectivity index (χ0v) is 19.2. The first-order chi connectivity index (χ1) is 17.0. The third-order valence-electron chi connectivity index (χ3n) is 5.31. The smallest absolute Gasteiger partial charge is 0.262 e. The molecule has 11 heteroatoms. The molecule has 0 unspecified atom stereocenters. The highest BCUT2D eigenvalue weighted by atomic mass is 32.2. The number of nitrogens with zero attached hydrogens (tertiary/aromatic N) is 3. The SMILES string of the molecule is O=C(NCc1ccc(-n2cncn2)cc1)c1ccccc1NS(=O)(=O)c1ccc2c(c1)OCCO2. The van der Waals surface area contributed by atoms with Gasteiger partial charge in [-0.05, 0) is 42.0 Å². The molecule has 0 atom stereocenters. The van der Waals surface area contributed by atoms with Crippen molar-refractivity contribution in [3.63, 3.8) is 0 Å². The van der Waals surface area contributed by atoms with Crippen LogP contribution in [0.5, 0.6) is 11.5 Å². The summed E-state index contributed by atoms with van der Waals surface area (Å²) in [7, 11) is -3.98. The number of fused-ring (bicyclic) bond motifs is 1. The topological polar surface area (TPSA) is 124 Å². The molecule has 1 aromatic heterocycles. The first-order valence-corrected chi connectivity index (χ1v) is 12.2. The fourth-order valence-corrected chi connectivity index (χ4v) is 4.65. The Hall–Kier alpha value is -4.38. The van der Waals surface area contributed by atoms with Gasteiger partial charge in [0, 0.05) is 12.6 Å². The van der Waals surface area contributed by atoms with Crippen LogP contribution in [0, 0.1) is 0 Å². The van der Waals surface area contributed by atoms with Crippen molar-refractivity contribution in [1.29, 1.82) is 0 Å². The number of hydrogen-bond donors (Lipinski definition) is 2. The Balaban J connectivity index is 1.29. The Bertz CT molecular complexity index is 1450. The minimum atomic E-state index is -3.98. The van der Waals surface area contributed by atoms with Gasteiger partial charge in [0.25, 0.3) is 15.9 Å². The lowest BCUT2D eigenvalue weighted by Gasteiger charge is -2.19. The number of amides is 1. The van der Waals surface area contributed by atoms with Crippen LogP contribution in [-0.4, -0.2) is 42.3 Å². The molecule has 0 spiro atoms. The molecule has 0 fully saturated rings. The van der Waals surface area contributed by atoms with Crippen LogP contribution in [0.2, 0.25) is 0 Å². The average Bonchev–Trinajstić information content (AvgIpc) is 3.42. The first kappa shape index (κ1) is 22.4. The lowest BCUT2D eigenvalue weighted by Crippen LogP contribution is -2.25. The van der Waals surface area contributed by atoms with Crippen LogP contribution in [0.1, 0.15) is 15.9 Å². The van der Waals surface area contributed by atoms with E-state index in [2.05, 4.69) is 20.1 Å². The summed E-state index contributed by atoms with van der Waals surface area (Å²) in [5.74, 6) is 0.440. The lowest BCUT2D eigenvalue weighted by molar-refractivity contribution is 0.0952.